The summed E-state index contributed by atoms with van der Waals surface area (Å²) in [6, 6.07) is 3.43. The molecule has 0 radical (unpaired) electrons. The number of hydrogen-bond acceptors (Lipinski definition) is 5. The molecule has 1 atom stereocenters. The third-order valence-corrected chi connectivity index (χ3v) is 4.25. The zero-order valence-electron chi connectivity index (χ0n) is 15.2. The summed E-state index contributed by atoms with van der Waals surface area (Å²) in [6.45, 7) is 6.68. The fraction of sp³-hybridized carbons (Fsp3) is 0.474. The molecule has 1 heterocycles. The lowest BCUT2D eigenvalue weighted by Gasteiger charge is -2.17. The average Bonchev–Trinajstić information content (AvgIpc) is 2.83. The van der Waals surface area contributed by atoms with Crippen LogP contribution < -0.4 is 14.8 Å². The van der Waals surface area contributed by atoms with Gasteiger partial charge in [-0.1, -0.05) is 25.4 Å². The molecule has 7 heteroatoms. The smallest absolute Gasteiger partial charge is 0.331 e. The van der Waals surface area contributed by atoms with Crippen molar-refractivity contribution in [3.8, 4) is 11.5 Å². The summed E-state index contributed by atoms with van der Waals surface area (Å²) in [5.41, 5.74) is 0.675. The quantitative estimate of drug-likeness (QED) is 0.605. The van der Waals surface area contributed by atoms with Crippen LogP contribution in [0.25, 0.3) is 6.08 Å². The monoisotopic (exact) mass is 381 g/mol. The molecular weight excluding hydrogens is 358 g/mol. The number of amides is 1. The van der Waals surface area contributed by atoms with Gasteiger partial charge in [0.25, 0.3) is 5.91 Å². The van der Waals surface area contributed by atoms with E-state index in [-0.39, 0.29) is 18.6 Å². The Morgan fingerprint density at radius 1 is 1.27 bits per heavy atom. The molecule has 1 N–H and O–H groups in total. The van der Waals surface area contributed by atoms with E-state index in [1.807, 2.05) is 20.8 Å². The molecule has 0 aliphatic carbocycles. The first-order valence-corrected chi connectivity index (χ1v) is 8.98. The third kappa shape index (κ3) is 5.95. The van der Waals surface area contributed by atoms with Gasteiger partial charge in [-0.2, -0.15) is 0 Å². The van der Waals surface area contributed by atoms with Crippen LogP contribution >= 0.6 is 11.6 Å². The third-order valence-electron chi connectivity index (χ3n) is 3.97. The predicted molar refractivity (Wildman–Crippen MR) is 99.5 cm³/mol. The molecule has 6 nitrogen and oxygen atoms in total. The number of esters is 1. The maximum Gasteiger partial charge on any atom is 0.331 e. The van der Waals surface area contributed by atoms with Crippen molar-refractivity contribution in [2.45, 2.75) is 33.2 Å². The van der Waals surface area contributed by atoms with Gasteiger partial charge in [0.1, 0.15) is 0 Å². The van der Waals surface area contributed by atoms with Crippen molar-refractivity contribution in [1.29, 1.82) is 0 Å². The summed E-state index contributed by atoms with van der Waals surface area (Å²) in [5.74, 6) is 0.427. The summed E-state index contributed by atoms with van der Waals surface area (Å²) in [7, 11) is 0. The highest BCUT2D eigenvalue weighted by Crippen LogP contribution is 2.38. The van der Waals surface area contributed by atoms with E-state index in [2.05, 4.69) is 5.32 Å². The van der Waals surface area contributed by atoms with E-state index in [1.54, 1.807) is 18.2 Å². The molecule has 0 saturated heterocycles. The zero-order valence-corrected chi connectivity index (χ0v) is 16.0. The summed E-state index contributed by atoms with van der Waals surface area (Å²) in [4.78, 5) is 23.5. The summed E-state index contributed by atoms with van der Waals surface area (Å²) in [6.07, 6.45) is 3.58. The number of ether oxygens (including phenoxy) is 3. The first-order valence-electron chi connectivity index (χ1n) is 8.60. The lowest BCUT2D eigenvalue weighted by Crippen LogP contribution is -2.38. The minimum Gasteiger partial charge on any atom is -0.489 e. The fourth-order valence-corrected chi connectivity index (χ4v) is 2.43. The van der Waals surface area contributed by atoms with Gasteiger partial charge in [0, 0.05) is 18.5 Å². The van der Waals surface area contributed by atoms with Crippen molar-refractivity contribution in [3.63, 3.8) is 0 Å². The van der Waals surface area contributed by atoms with Crippen LogP contribution in [0, 0.1) is 5.92 Å². The maximum atomic E-state index is 11.8. The lowest BCUT2D eigenvalue weighted by molar-refractivity contribution is -0.144. The second kappa shape index (κ2) is 9.48. The van der Waals surface area contributed by atoms with Gasteiger partial charge in [-0.15, -0.1) is 0 Å². The molecular formula is C19H24ClNO5. The molecule has 1 amide bonds. The number of halogens is 1. The van der Waals surface area contributed by atoms with Crippen molar-refractivity contribution in [2.75, 3.05) is 19.8 Å². The molecule has 0 spiro atoms. The molecule has 1 aliphatic rings. The Bertz CT molecular complexity index is 687. The number of nitrogens with one attached hydrogen (secondary N) is 1. The Hall–Kier alpha value is -2.21. The molecule has 142 valence electrons. The van der Waals surface area contributed by atoms with Crippen LogP contribution in [0.15, 0.2) is 18.2 Å². The molecule has 0 saturated carbocycles. The van der Waals surface area contributed by atoms with Gasteiger partial charge in [0.05, 0.1) is 18.2 Å². The second-order valence-corrected chi connectivity index (χ2v) is 6.83. The van der Waals surface area contributed by atoms with Crippen LogP contribution in [0.5, 0.6) is 11.5 Å². The van der Waals surface area contributed by atoms with Crippen LogP contribution in [0.1, 0.15) is 32.8 Å². The number of carbonyl (C=O) groups excluding carboxylic acids is 2. The van der Waals surface area contributed by atoms with E-state index < -0.39 is 5.97 Å². The van der Waals surface area contributed by atoms with Crippen molar-refractivity contribution in [3.05, 3.63) is 28.8 Å². The van der Waals surface area contributed by atoms with Crippen molar-refractivity contribution in [1.82, 2.24) is 5.32 Å². The van der Waals surface area contributed by atoms with E-state index in [9.17, 15) is 9.59 Å². The lowest BCUT2D eigenvalue weighted by atomic mass is 10.1. The average molecular weight is 382 g/mol. The molecule has 2 rings (SSSR count). The Kier molecular flexibility index (Phi) is 7.33. The highest BCUT2D eigenvalue weighted by Gasteiger charge is 2.15. The normalized spacial score (nSPS) is 14.8. The van der Waals surface area contributed by atoms with Crippen LogP contribution in [0.4, 0.5) is 0 Å². The Labute approximate surface area is 158 Å². The van der Waals surface area contributed by atoms with Crippen LogP contribution in [-0.4, -0.2) is 37.7 Å². The van der Waals surface area contributed by atoms with Gasteiger partial charge in [0.2, 0.25) is 0 Å². The number of rotatable bonds is 6. The van der Waals surface area contributed by atoms with Crippen LogP contribution in [0.2, 0.25) is 5.02 Å². The van der Waals surface area contributed by atoms with Crippen LogP contribution in [-0.2, 0) is 14.3 Å². The first kappa shape index (κ1) is 20.1. The topological polar surface area (TPSA) is 73.9 Å². The van der Waals surface area contributed by atoms with Gasteiger partial charge < -0.3 is 19.5 Å². The van der Waals surface area contributed by atoms with Crippen molar-refractivity contribution >= 4 is 29.6 Å². The summed E-state index contributed by atoms with van der Waals surface area (Å²) >= 11 is 6.20. The first-order chi connectivity index (χ1) is 12.4. The molecule has 1 aromatic rings. The number of fused-ring (bicyclic) bond motifs is 1. The molecule has 1 unspecified atom stereocenters. The SMILES string of the molecule is CC(C)C(C)NC(=O)COC(=O)C=Cc1cc(Cl)c2c(c1)OCCCO2. The van der Waals surface area contributed by atoms with E-state index >= 15 is 0 Å². The predicted octanol–water partition coefficient (Wildman–Crippen LogP) is 3.22. The standard InChI is InChI=1S/C19H24ClNO5/c1-12(2)13(3)21-17(22)11-26-18(23)6-5-14-9-15(20)19-16(10-14)24-7-4-8-25-19/h5-6,9-10,12-13H,4,7-8,11H2,1-3H3,(H,21,22). The molecule has 0 aromatic heterocycles. The zero-order chi connectivity index (χ0) is 19.1. The van der Waals surface area contributed by atoms with E-state index in [4.69, 9.17) is 25.8 Å². The van der Waals surface area contributed by atoms with E-state index in [1.165, 1.54) is 6.08 Å². The van der Waals surface area contributed by atoms with Gasteiger partial charge in [-0.25, -0.2) is 4.79 Å². The second-order valence-electron chi connectivity index (χ2n) is 6.42. The fourth-order valence-electron chi connectivity index (χ4n) is 2.16. The van der Waals surface area contributed by atoms with E-state index in [0.717, 1.165) is 6.42 Å². The van der Waals surface area contributed by atoms with Crippen LogP contribution in [0.3, 0.4) is 0 Å². The molecule has 0 bridgehead atoms. The minimum atomic E-state index is -0.611. The Morgan fingerprint density at radius 3 is 2.73 bits per heavy atom. The molecule has 1 aromatic carbocycles. The van der Waals surface area contributed by atoms with Gasteiger partial charge in [0.15, 0.2) is 18.1 Å². The maximum absolute atomic E-state index is 11.8. The highest BCUT2D eigenvalue weighted by atomic mass is 35.5. The minimum absolute atomic E-state index is 0.0145. The number of benzene rings is 1. The van der Waals surface area contributed by atoms with Crippen molar-refractivity contribution < 1.29 is 23.8 Å². The van der Waals surface area contributed by atoms with E-state index in [0.29, 0.717) is 41.2 Å². The van der Waals surface area contributed by atoms with Gasteiger partial charge in [-0.05, 0) is 36.6 Å². The molecule has 0 fully saturated rings. The molecule has 26 heavy (non-hydrogen) atoms. The number of hydrogen-bond donors (Lipinski definition) is 1. The summed E-state index contributed by atoms with van der Waals surface area (Å²) < 4.78 is 16.1. The molecule has 1 aliphatic heterocycles. The number of carbonyl (C=O) groups is 2. The van der Waals surface area contributed by atoms with Gasteiger partial charge >= 0.3 is 5.97 Å². The van der Waals surface area contributed by atoms with Crippen molar-refractivity contribution in [2.24, 2.45) is 5.92 Å². The Morgan fingerprint density at radius 2 is 2.00 bits per heavy atom. The largest absolute Gasteiger partial charge is 0.489 e. The highest BCUT2D eigenvalue weighted by molar-refractivity contribution is 6.32. The Balaban J connectivity index is 1.91. The summed E-state index contributed by atoms with van der Waals surface area (Å²) in [5, 5.41) is 3.18. The van der Waals surface area contributed by atoms with Gasteiger partial charge in [-0.3, -0.25) is 4.79 Å².